The number of hydrogen-bond acceptors (Lipinski definition) is 4. The van der Waals surface area contributed by atoms with E-state index in [0.29, 0.717) is 12.4 Å². The van der Waals surface area contributed by atoms with Crippen molar-refractivity contribution in [2.45, 2.75) is 19.8 Å². The fraction of sp³-hybridized carbons (Fsp3) is 0.357. The molecule has 19 heavy (non-hydrogen) atoms. The summed E-state index contributed by atoms with van der Waals surface area (Å²) >= 11 is 0. The van der Waals surface area contributed by atoms with Crippen molar-refractivity contribution in [3.63, 3.8) is 0 Å². The highest BCUT2D eigenvalue weighted by atomic mass is 16.5. The summed E-state index contributed by atoms with van der Waals surface area (Å²) in [7, 11) is 0. The molecule has 2 aromatic rings. The van der Waals surface area contributed by atoms with Crippen molar-refractivity contribution in [3.8, 4) is 5.88 Å². The van der Waals surface area contributed by atoms with Gasteiger partial charge in [0, 0.05) is 17.3 Å². The van der Waals surface area contributed by atoms with Crippen LogP contribution in [-0.4, -0.2) is 29.3 Å². The monoisotopic (exact) mass is 259 g/mol. The molecule has 0 fully saturated rings. The van der Waals surface area contributed by atoms with Gasteiger partial charge < -0.3 is 10.1 Å². The number of nitrogens with one attached hydrogen (secondary N) is 1. The van der Waals surface area contributed by atoms with E-state index in [1.165, 1.54) is 0 Å². The van der Waals surface area contributed by atoms with Gasteiger partial charge in [0.05, 0.1) is 6.20 Å². The molecular weight excluding hydrogens is 242 g/mol. The molecule has 0 aliphatic carbocycles. The fourth-order valence-electron chi connectivity index (χ4n) is 1.70. The number of carbonyl (C=O) groups is 1. The van der Waals surface area contributed by atoms with Crippen molar-refractivity contribution >= 4 is 16.7 Å². The Bertz CT molecular complexity index is 552. The molecule has 0 saturated heterocycles. The number of aromatic nitrogens is 2. The highest BCUT2D eigenvalue weighted by molar-refractivity contribution is 5.86. The summed E-state index contributed by atoms with van der Waals surface area (Å²) in [5.41, 5.74) is 0. The Morgan fingerprint density at radius 3 is 3.05 bits per heavy atom. The van der Waals surface area contributed by atoms with Crippen LogP contribution < -0.4 is 10.1 Å². The first-order valence-electron chi connectivity index (χ1n) is 6.41. The average Bonchev–Trinajstić information content (AvgIpc) is 2.45. The van der Waals surface area contributed by atoms with Gasteiger partial charge in [0.15, 0.2) is 6.61 Å². The van der Waals surface area contributed by atoms with E-state index >= 15 is 0 Å². The molecule has 0 unspecified atom stereocenters. The predicted molar refractivity (Wildman–Crippen MR) is 73.0 cm³/mol. The van der Waals surface area contributed by atoms with Crippen LogP contribution in [0.25, 0.3) is 10.8 Å². The van der Waals surface area contributed by atoms with E-state index in [4.69, 9.17) is 4.74 Å². The normalized spacial score (nSPS) is 10.4. The van der Waals surface area contributed by atoms with Gasteiger partial charge in [-0.1, -0.05) is 31.5 Å². The van der Waals surface area contributed by atoms with Crippen LogP contribution >= 0.6 is 0 Å². The van der Waals surface area contributed by atoms with Crippen molar-refractivity contribution < 1.29 is 9.53 Å². The third-order valence-corrected chi connectivity index (χ3v) is 2.73. The van der Waals surface area contributed by atoms with Crippen LogP contribution in [0, 0.1) is 0 Å². The molecule has 0 saturated carbocycles. The summed E-state index contributed by atoms with van der Waals surface area (Å²) < 4.78 is 5.43. The van der Waals surface area contributed by atoms with E-state index in [-0.39, 0.29) is 12.5 Å². The topological polar surface area (TPSA) is 64.1 Å². The van der Waals surface area contributed by atoms with E-state index < -0.39 is 0 Å². The number of hydrogen-bond donors (Lipinski definition) is 1. The lowest BCUT2D eigenvalue weighted by molar-refractivity contribution is -0.123. The van der Waals surface area contributed by atoms with E-state index in [1.807, 2.05) is 24.3 Å². The molecule has 0 atom stereocenters. The Labute approximate surface area is 112 Å². The molecule has 2 rings (SSSR count). The first-order chi connectivity index (χ1) is 9.31. The molecule has 1 heterocycles. The summed E-state index contributed by atoms with van der Waals surface area (Å²) in [5.74, 6) is 0.256. The number of amides is 1. The minimum absolute atomic E-state index is 0.0353. The molecule has 0 bridgehead atoms. The maximum atomic E-state index is 11.5. The Kier molecular flexibility index (Phi) is 4.66. The highest BCUT2D eigenvalue weighted by Gasteiger charge is 2.06. The summed E-state index contributed by atoms with van der Waals surface area (Å²) in [5, 5.41) is 12.4. The summed E-state index contributed by atoms with van der Waals surface area (Å²) in [6, 6.07) is 7.65. The molecule has 5 nitrogen and oxygen atoms in total. The van der Waals surface area contributed by atoms with Crippen LogP contribution in [0.3, 0.4) is 0 Å². The number of nitrogens with zero attached hydrogens (tertiary/aromatic N) is 2. The van der Waals surface area contributed by atoms with E-state index in [1.54, 1.807) is 6.20 Å². The maximum absolute atomic E-state index is 11.5. The molecule has 0 spiro atoms. The van der Waals surface area contributed by atoms with Crippen molar-refractivity contribution in [1.29, 1.82) is 0 Å². The van der Waals surface area contributed by atoms with Gasteiger partial charge in [0.1, 0.15) is 0 Å². The van der Waals surface area contributed by atoms with Gasteiger partial charge in [-0.15, -0.1) is 5.10 Å². The molecular formula is C14H17N3O2. The molecule has 1 aromatic carbocycles. The van der Waals surface area contributed by atoms with Gasteiger partial charge in [-0.25, -0.2) is 0 Å². The molecule has 100 valence electrons. The third kappa shape index (κ3) is 3.64. The van der Waals surface area contributed by atoms with Crippen LogP contribution in [-0.2, 0) is 4.79 Å². The lowest BCUT2D eigenvalue weighted by Gasteiger charge is -2.07. The number of fused-ring (bicyclic) bond motifs is 1. The predicted octanol–water partition coefficient (Wildman–Crippen LogP) is 1.92. The second kappa shape index (κ2) is 6.68. The van der Waals surface area contributed by atoms with Crippen molar-refractivity contribution in [2.24, 2.45) is 0 Å². The quantitative estimate of drug-likeness (QED) is 0.805. The zero-order valence-electron chi connectivity index (χ0n) is 10.9. The van der Waals surface area contributed by atoms with Gasteiger partial charge in [0.25, 0.3) is 5.91 Å². The molecule has 1 amide bonds. The Balaban J connectivity index is 1.96. The zero-order valence-corrected chi connectivity index (χ0v) is 10.9. The minimum Gasteiger partial charge on any atom is -0.466 e. The van der Waals surface area contributed by atoms with E-state index in [9.17, 15) is 4.79 Å². The Morgan fingerprint density at radius 1 is 1.37 bits per heavy atom. The third-order valence-electron chi connectivity index (χ3n) is 2.73. The van der Waals surface area contributed by atoms with Crippen LogP contribution in [0.1, 0.15) is 19.8 Å². The molecule has 0 aliphatic rings. The number of carbonyl (C=O) groups excluding carboxylic acids is 1. The van der Waals surface area contributed by atoms with Crippen LogP contribution in [0.2, 0.25) is 0 Å². The number of unbranched alkanes of at least 4 members (excludes halogenated alkanes) is 1. The Hall–Kier alpha value is -2.17. The van der Waals surface area contributed by atoms with Gasteiger partial charge in [-0.2, -0.15) is 5.10 Å². The minimum atomic E-state index is -0.136. The fourth-order valence-corrected chi connectivity index (χ4v) is 1.70. The van der Waals surface area contributed by atoms with Gasteiger partial charge in [-0.05, 0) is 12.5 Å². The SMILES string of the molecule is CCCCNC(=O)COc1nncc2ccccc12. The second-order valence-corrected chi connectivity index (χ2v) is 4.23. The second-order valence-electron chi connectivity index (χ2n) is 4.23. The number of ether oxygens (including phenoxy) is 1. The van der Waals surface area contributed by atoms with Crippen molar-refractivity contribution in [1.82, 2.24) is 15.5 Å². The average molecular weight is 259 g/mol. The molecule has 5 heteroatoms. The standard InChI is InChI=1S/C14H17N3O2/c1-2-3-8-15-13(18)10-19-14-12-7-5-4-6-11(12)9-16-17-14/h4-7,9H,2-3,8,10H2,1H3,(H,15,18). The highest BCUT2D eigenvalue weighted by Crippen LogP contribution is 2.20. The first kappa shape index (κ1) is 13.3. The Morgan fingerprint density at radius 2 is 2.21 bits per heavy atom. The van der Waals surface area contributed by atoms with Crippen LogP contribution in [0.15, 0.2) is 30.5 Å². The van der Waals surface area contributed by atoms with Crippen LogP contribution in [0.4, 0.5) is 0 Å². The number of benzene rings is 1. The smallest absolute Gasteiger partial charge is 0.258 e. The molecule has 0 aliphatic heterocycles. The molecule has 1 N–H and O–H groups in total. The number of rotatable bonds is 6. The largest absolute Gasteiger partial charge is 0.466 e. The molecule has 0 radical (unpaired) electrons. The van der Waals surface area contributed by atoms with Crippen molar-refractivity contribution in [2.75, 3.05) is 13.2 Å². The first-order valence-corrected chi connectivity index (χ1v) is 6.41. The summed E-state index contributed by atoms with van der Waals surface area (Å²) in [6.07, 6.45) is 3.69. The van der Waals surface area contributed by atoms with Gasteiger partial charge >= 0.3 is 0 Å². The van der Waals surface area contributed by atoms with E-state index in [2.05, 4.69) is 22.4 Å². The summed E-state index contributed by atoms with van der Waals surface area (Å²) in [6.45, 7) is 2.72. The maximum Gasteiger partial charge on any atom is 0.258 e. The van der Waals surface area contributed by atoms with Crippen molar-refractivity contribution in [3.05, 3.63) is 30.5 Å². The van der Waals surface area contributed by atoms with Crippen LogP contribution in [0.5, 0.6) is 5.88 Å². The van der Waals surface area contributed by atoms with Gasteiger partial charge in [0.2, 0.25) is 5.88 Å². The summed E-state index contributed by atoms with van der Waals surface area (Å²) in [4.78, 5) is 11.5. The zero-order chi connectivity index (χ0) is 13.5. The lowest BCUT2D eigenvalue weighted by atomic mass is 10.2. The van der Waals surface area contributed by atoms with Gasteiger partial charge in [-0.3, -0.25) is 4.79 Å². The van der Waals surface area contributed by atoms with E-state index in [0.717, 1.165) is 23.6 Å². The molecule has 1 aromatic heterocycles. The lowest BCUT2D eigenvalue weighted by Crippen LogP contribution is -2.29.